The molecule has 7 nitrogen and oxygen atoms in total. The van der Waals surface area contributed by atoms with E-state index in [2.05, 4.69) is 36.3 Å². The lowest BCUT2D eigenvalue weighted by Gasteiger charge is -1.90. The van der Waals surface area contributed by atoms with E-state index in [0.29, 0.717) is 33.1 Å². The highest BCUT2D eigenvalue weighted by atomic mass is 79.9. The van der Waals surface area contributed by atoms with E-state index >= 15 is 0 Å². The lowest BCUT2D eigenvalue weighted by atomic mass is 10.5. The van der Waals surface area contributed by atoms with E-state index in [1.54, 1.807) is 12.1 Å². The monoisotopic (exact) mass is 359 g/mol. The largest absolute Gasteiger partial charge is 0.444 e. The van der Waals surface area contributed by atoms with E-state index in [0.717, 1.165) is 4.34 Å². The summed E-state index contributed by atoms with van der Waals surface area (Å²) in [7, 11) is 0. The summed E-state index contributed by atoms with van der Waals surface area (Å²) in [5.41, 5.74) is 5.49. The molecule has 0 bridgehead atoms. The smallest absolute Gasteiger partial charge is 0.283 e. The normalized spacial score (nSPS) is 11.0. The van der Waals surface area contributed by atoms with Crippen molar-refractivity contribution < 1.29 is 8.83 Å². The van der Waals surface area contributed by atoms with Gasteiger partial charge in [-0.25, -0.2) is 0 Å². The molecule has 10 heteroatoms. The van der Waals surface area contributed by atoms with Crippen molar-refractivity contribution >= 4 is 44.2 Å². The van der Waals surface area contributed by atoms with Gasteiger partial charge in [0.1, 0.15) is 0 Å². The molecule has 2 N–H and O–H groups in total. The molecule has 0 unspecified atom stereocenters. The van der Waals surface area contributed by atoms with Crippen molar-refractivity contribution in [2.24, 2.45) is 0 Å². The number of thioether (sulfide) groups is 1. The highest BCUT2D eigenvalue weighted by molar-refractivity contribution is 9.10. The fourth-order valence-corrected chi connectivity index (χ4v) is 3.02. The van der Waals surface area contributed by atoms with Crippen LogP contribution in [0.4, 0.5) is 5.13 Å². The zero-order valence-corrected chi connectivity index (χ0v) is 12.5. The van der Waals surface area contributed by atoms with Gasteiger partial charge in [0.15, 0.2) is 14.8 Å². The van der Waals surface area contributed by atoms with Gasteiger partial charge in [-0.1, -0.05) is 23.1 Å². The highest BCUT2D eigenvalue weighted by Crippen LogP contribution is 2.28. The maximum Gasteiger partial charge on any atom is 0.283 e. The first-order valence-electron chi connectivity index (χ1n) is 5.00. The minimum Gasteiger partial charge on any atom is -0.444 e. The third kappa shape index (κ3) is 2.96. The first-order valence-corrected chi connectivity index (χ1v) is 7.60. The van der Waals surface area contributed by atoms with E-state index in [4.69, 9.17) is 14.6 Å². The average molecular weight is 360 g/mol. The molecule has 3 heterocycles. The first kappa shape index (κ1) is 12.6. The van der Waals surface area contributed by atoms with Gasteiger partial charge in [-0.2, -0.15) is 0 Å². The molecule has 0 amide bonds. The SMILES string of the molecule is Nc1nnc(SCc2nnc(-c3ccc(Br)o3)o2)s1. The Morgan fingerprint density at radius 1 is 1.21 bits per heavy atom. The number of hydrogen-bond acceptors (Lipinski definition) is 9. The van der Waals surface area contributed by atoms with Gasteiger partial charge < -0.3 is 14.6 Å². The Kier molecular flexibility index (Phi) is 3.53. The first-order chi connectivity index (χ1) is 9.20. The molecule has 0 aliphatic heterocycles. The number of rotatable bonds is 4. The standard InChI is InChI=1S/C9H6BrN5O2S2/c10-5-2-1-4(16-5)7-13-12-6(17-7)3-18-9-15-14-8(11)19-9/h1-2H,3H2,(H2,11,14). The summed E-state index contributed by atoms with van der Waals surface area (Å²) in [6, 6.07) is 3.51. The van der Waals surface area contributed by atoms with Crippen LogP contribution in [0.2, 0.25) is 0 Å². The Morgan fingerprint density at radius 2 is 2.11 bits per heavy atom. The number of hydrogen-bond donors (Lipinski definition) is 1. The number of nitrogens with zero attached hydrogens (tertiary/aromatic N) is 4. The summed E-state index contributed by atoms with van der Waals surface area (Å²) >= 11 is 5.97. The number of halogens is 1. The summed E-state index contributed by atoms with van der Waals surface area (Å²) in [6.45, 7) is 0. The molecule has 0 aliphatic carbocycles. The van der Waals surface area contributed by atoms with Crippen molar-refractivity contribution in [3.63, 3.8) is 0 Å². The van der Waals surface area contributed by atoms with Crippen LogP contribution < -0.4 is 5.73 Å². The van der Waals surface area contributed by atoms with Crippen molar-refractivity contribution in [2.75, 3.05) is 5.73 Å². The lowest BCUT2D eigenvalue weighted by molar-refractivity contribution is 0.486. The van der Waals surface area contributed by atoms with Gasteiger partial charge in [0.2, 0.25) is 11.0 Å². The van der Waals surface area contributed by atoms with E-state index < -0.39 is 0 Å². The second-order valence-corrected chi connectivity index (χ2v) is 6.31. The van der Waals surface area contributed by atoms with E-state index in [1.807, 2.05) is 0 Å². The number of nitrogen functional groups attached to an aromatic ring is 1. The van der Waals surface area contributed by atoms with Crippen LogP contribution in [0, 0.1) is 0 Å². The van der Waals surface area contributed by atoms with Crippen molar-refractivity contribution in [3.8, 4) is 11.7 Å². The Balaban J connectivity index is 1.68. The molecule has 3 rings (SSSR count). The Morgan fingerprint density at radius 3 is 2.79 bits per heavy atom. The summed E-state index contributed by atoms with van der Waals surface area (Å²) < 4.78 is 12.2. The maximum absolute atomic E-state index is 5.49. The zero-order chi connectivity index (χ0) is 13.2. The Labute approximate surface area is 123 Å². The highest BCUT2D eigenvalue weighted by Gasteiger charge is 2.13. The molecule has 3 aromatic rings. The van der Waals surface area contributed by atoms with Gasteiger partial charge >= 0.3 is 0 Å². The van der Waals surface area contributed by atoms with Gasteiger partial charge in [-0.05, 0) is 28.1 Å². The summed E-state index contributed by atoms with van der Waals surface area (Å²) in [4.78, 5) is 0. The number of nitrogens with two attached hydrogens (primary N) is 1. The summed E-state index contributed by atoms with van der Waals surface area (Å²) in [5, 5.41) is 15.9. The van der Waals surface area contributed by atoms with Crippen LogP contribution >= 0.6 is 39.0 Å². The minimum atomic E-state index is 0.345. The molecule has 0 saturated heterocycles. The van der Waals surface area contributed by atoms with Crippen LogP contribution in [0.25, 0.3) is 11.7 Å². The topological polar surface area (TPSA) is 104 Å². The Hall–Kier alpha value is -1.39. The van der Waals surface area contributed by atoms with Crippen LogP contribution in [0.15, 0.2) is 30.0 Å². The van der Waals surface area contributed by atoms with Gasteiger partial charge in [-0.15, -0.1) is 20.4 Å². The van der Waals surface area contributed by atoms with Gasteiger partial charge in [0.05, 0.1) is 5.75 Å². The molecule has 3 aromatic heterocycles. The van der Waals surface area contributed by atoms with Crippen molar-refractivity contribution in [3.05, 3.63) is 22.7 Å². The molecule has 0 fully saturated rings. The molecule has 0 aliphatic rings. The second-order valence-electron chi connectivity index (χ2n) is 3.30. The quantitative estimate of drug-likeness (QED) is 0.709. The van der Waals surface area contributed by atoms with Crippen LogP contribution in [0.3, 0.4) is 0 Å². The van der Waals surface area contributed by atoms with E-state index in [-0.39, 0.29) is 0 Å². The molecule has 0 saturated carbocycles. The Bertz CT molecular complexity index is 694. The van der Waals surface area contributed by atoms with E-state index in [9.17, 15) is 0 Å². The van der Waals surface area contributed by atoms with E-state index in [1.165, 1.54) is 23.1 Å². The zero-order valence-electron chi connectivity index (χ0n) is 9.24. The number of furan rings is 1. The predicted molar refractivity (Wildman–Crippen MR) is 73.6 cm³/mol. The lowest BCUT2D eigenvalue weighted by Crippen LogP contribution is -1.80. The number of aromatic nitrogens is 4. The molecule has 0 aromatic carbocycles. The maximum atomic E-state index is 5.49. The minimum absolute atomic E-state index is 0.345. The predicted octanol–water partition coefficient (Wildman–Crippen LogP) is 2.82. The summed E-state index contributed by atoms with van der Waals surface area (Å²) in [5.74, 6) is 1.86. The van der Waals surface area contributed by atoms with Crippen molar-refractivity contribution in [1.29, 1.82) is 0 Å². The van der Waals surface area contributed by atoms with Crippen LogP contribution in [-0.4, -0.2) is 20.4 Å². The fourth-order valence-electron chi connectivity index (χ4n) is 1.24. The van der Waals surface area contributed by atoms with Gasteiger partial charge in [-0.3, -0.25) is 0 Å². The summed E-state index contributed by atoms with van der Waals surface area (Å²) in [6.07, 6.45) is 0. The third-order valence-electron chi connectivity index (χ3n) is 1.99. The van der Waals surface area contributed by atoms with Crippen LogP contribution in [-0.2, 0) is 5.75 Å². The van der Waals surface area contributed by atoms with Crippen molar-refractivity contribution in [2.45, 2.75) is 10.1 Å². The second kappa shape index (κ2) is 5.31. The molecule has 0 spiro atoms. The number of anilines is 1. The van der Waals surface area contributed by atoms with Gasteiger partial charge in [0, 0.05) is 0 Å². The molecular formula is C9H6BrN5O2S2. The van der Waals surface area contributed by atoms with Gasteiger partial charge in [0.25, 0.3) is 5.89 Å². The molecule has 98 valence electrons. The molecule has 0 radical (unpaired) electrons. The third-order valence-corrected chi connectivity index (χ3v) is 4.29. The van der Waals surface area contributed by atoms with Crippen molar-refractivity contribution in [1.82, 2.24) is 20.4 Å². The van der Waals surface area contributed by atoms with Crippen LogP contribution in [0.1, 0.15) is 5.89 Å². The van der Waals surface area contributed by atoms with Crippen LogP contribution in [0.5, 0.6) is 0 Å². The fraction of sp³-hybridized carbons (Fsp3) is 0.111. The molecule has 0 atom stereocenters. The average Bonchev–Trinajstić information content (AvgIpc) is 3.07. The molecular weight excluding hydrogens is 354 g/mol. The molecule has 19 heavy (non-hydrogen) atoms.